The normalized spacial score (nSPS) is 20.5. The number of amides is 3. The predicted octanol–water partition coefficient (Wildman–Crippen LogP) is -0.994. The number of morpholine rings is 1. The highest BCUT2D eigenvalue weighted by molar-refractivity contribution is 5.86. The van der Waals surface area contributed by atoms with Crippen LogP contribution in [-0.4, -0.2) is 66.8 Å². The molecule has 0 radical (unpaired) electrons. The summed E-state index contributed by atoms with van der Waals surface area (Å²) in [6.45, 7) is 2.42. The molecule has 108 valence electrons. The van der Waals surface area contributed by atoms with E-state index in [4.69, 9.17) is 9.84 Å². The zero-order valence-electron chi connectivity index (χ0n) is 11.0. The van der Waals surface area contributed by atoms with Gasteiger partial charge >= 0.3 is 12.0 Å². The van der Waals surface area contributed by atoms with Crippen LogP contribution in [0.3, 0.4) is 0 Å². The second-order valence-electron chi connectivity index (χ2n) is 4.31. The van der Waals surface area contributed by atoms with E-state index in [-0.39, 0.29) is 18.9 Å². The van der Waals surface area contributed by atoms with Gasteiger partial charge in [-0.3, -0.25) is 9.59 Å². The molecular formula is C11H19N3O5. The zero-order chi connectivity index (χ0) is 14.4. The lowest BCUT2D eigenvalue weighted by molar-refractivity contribution is -0.139. The monoisotopic (exact) mass is 273 g/mol. The third-order valence-electron chi connectivity index (χ3n) is 2.88. The number of carboxylic acids is 1. The second kappa shape index (κ2) is 6.93. The smallest absolute Gasteiger partial charge is 0.318 e. The number of hydrogen-bond donors (Lipinski definition) is 3. The third-order valence-corrected chi connectivity index (χ3v) is 2.88. The molecule has 0 saturated carbocycles. The maximum absolute atomic E-state index is 12.0. The van der Waals surface area contributed by atoms with Gasteiger partial charge < -0.3 is 25.4 Å². The Morgan fingerprint density at radius 2 is 2.16 bits per heavy atom. The summed E-state index contributed by atoms with van der Waals surface area (Å²) in [4.78, 5) is 35.5. The quantitative estimate of drug-likeness (QED) is 0.609. The minimum Gasteiger partial charge on any atom is -0.481 e. The number of hydrogen-bond acceptors (Lipinski definition) is 4. The molecule has 0 aromatic carbocycles. The molecule has 19 heavy (non-hydrogen) atoms. The molecule has 1 heterocycles. The van der Waals surface area contributed by atoms with Crippen molar-refractivity contribution in [3.8, 4) is 0 Å². The molecule has 1 rings (SSSR count). The van der Waals surface area contributed by atoms with Crippen LogP contribution in [0.1, 0.15) is 13.3 Å². The lowest BCUT2D eigenvalue weighted by Crippen LogP contribution is -2.56. The van der Waals surface area contributed by atoms with Crippen molar-refractivity contribution in [2.24, 2.45) is 0 Å². The van der Waals surface area contributed by atoms with Crippen LogP contribution in [0.5, 0.6) is 0 Å². The van der Waals surface area contributed by atoms with Gasteiger partial charge in [0.25, 0.3) is 0 Å². The van der Waals surface area contributed by atoms with Crippen molar-refractivity contribution in [2.75, 3.05) is 26.8 Å². The van der Waals surface area contributed by atoms with Crippen LogP contribution in [0.4, 0.5) is 4.79 Å². The van der Waals surface area contributed by atoms with Crippen LogP contribution >= 0.6 is 0 Å². The molecule has 0 bridgehead atoms. The number of carbonyl (C=O) groups excluding carboxylic acids is 2. The molecule has 2 unspecified atom stereocenters. The molecule has 0 aliphatic carbocycles. The maximum atomic E-state index is 12.0. The number of nitrogens with zero attached hydrogens (tertiary/aromatic N) is 1. The minimum absolute atomic E-state index is 0.179. The summed E-state index contributed by atoms with van der Waals surface area (Å²) < 4.78 is 5.17. The SMILES string of the molecule is CNC(=O)C(C)NC(=O)N1CCOCC1CC(=O)O. The van der Waals surface area contributed by atoms with E-state index < -0.39 is 24.1 Å². The van der Waals surface area contributed by atoms with Gasteiger partial charge in [0.1, 0.15) is 6.04 Å². The highest BCUT2D eigenvalue weighted by atomic mass is 16.5. The van der Waals surface area contributed by atoms with E-state index in [1.807, 2.05) is 0 Å². The Bertz CT molecular complexity index is 360. The van der Waals surface area contributed by atoms with Gasteiger partial charge in [-0.05, 0) is 6.92 Å². The predicted molar refractivity (Wildman–Crippen MR) is 65.6 cm³/mol. The number of ether oxygens (including phenoxy) is 1. The fourth-order valence-corrected chi connectivity index (χ4v) is 1.84. The summed E-state index contributed by atoms with van der Waals surface area (Å²) in [5.41, 5.74) is 0. The Balaban J connectivity index is 2.61. The van der Waals surface area contributed by atoms with Gasteiger partial charge in [-0.2, -0.15) is 0 Å². The van der Waals surface area contributed by atoms with Crippen LogP contribution in [0, 0.1) is 0 Å². The van der Waals surface area contributed by atoms with E-state index in [1.54, 1.807) is 6.92 Å². The first-order valence-corrected chi connectivity index (χ1v) is 6.04. The molecule has 3 amide bonds. The molecule has 0 aromatic heterocycles. The summed E-state index contributed by atoms with van der Waals surface area (Å²) in [6, 6.07) is -1.64. The Morgan fingerprint density at radius 3 is 2.74 bits per heavy atom. The molecule has 3 N–H and O–H groups in total. The summed E-state index contributed by atoms with van der Waals surface area (Å²) in [5, 5.41) is 13.8. The molecule has 1 saturated heterocycles. The van der Waals surface area contributed by atoms with Crippen LogP contribution in [0.2, 0.25) is 0 Å². The van der Waals surface area contributed by atoms with E-state index >= 15 is 0 Å². The van der Waals surface area contributed by atoms with Gasteiger partial charge in [0.05, 0.1) is 25.7 Å². The molecular weight excluding hydrogens is 254 g/mol. The first kappa shape index (κ1) is 15.2. The van der Waals surface area contributed by atoms with Gasteiger partial charge in [-0.15, -0.1) is 0 Å². The van der Waals surface area contributed by atoms with Crippen LogP contribution < -0.4 is 10.6 Å². The van der Waals surface area contributed by atoms with E-state index in [2.05, 4.69) is 10.6 Å². The van der Waals surface area contributed by atoms with Crippen molar-refractivity contribution in [3.05, 3.63) is 0 Å². The van der Waals surface area contributed by atoms with Crippen molar-refractivity contribution in [2.45, 2.75) is 25.4 Å². The number of rotatable bonds is 4. The van der Waals surface area contributed by atoms with E-state index in [0.717, 1.165) is 0 Å². The number of aliphatic carboxylic acids is 1. The number of carbonyl (C=O) groups is 3. The maximum Gasteiger partial charge on any atom is 0.318 e. The van der Waals surface area contributed by atoms with Crippen LogP contribution in [0.25, 0.3) is 0 Å². The summed E-state index contributed by atoms with van der Waals surface area (Å²) in [5.74, 6) is -1.30. The molecule has 0 spiro atoms. The zero-order valence-corrected chi connectivity index (χ0v) is 11.0. The minimum atomic E-state index is -0.993. The average molecular weight is 273 g/mol. The summed E-state index contributed by atoms with van der Waals surface area (Å²) >= 11 is 0. The van der Waals surface area contributed by atoms with Crippen molar-refractivity contribution in [1.82, 2.24) is 15.5 Å². The van der Waals surface area contributed by atoms with Gasteiger partial charge in [0.15, 0.2) is 0 Å². The second-order valence-corrected chi connectivity index (χ2v) is 4.31. The van der Waals surface area contributed by atoms with Crippen molar-refractivity contribution >= 4 is 17.9 Å². The molecule has 1 fully saturated rings. The molecule has 1 aliphatic rings. The Hall–Kier alpha value is -1.83. The Morgan fingerprint density at radius 1 is 1.47 bits per heavy atom. The highest BCUT2D eigenvalue weighted by Crippen LogP contribution is 2.11. The van der Waals surface area contributed by atoms with E-state index in [1.165, 1.54) is 11.9 Å². The fourth-order valence-electron chi connectivity index (χ4n) is 1.84. The number of urea groups is 1. The number of carboxylic acid groups (broad SMARTS) is 1. The Labute approximate surface area is 111 Å². The van der Waals surface area contributed by atoms with Gasteiger partial charge in [0.2, 0.25) is 5.91 Å². The van der Waals surface area contributed by atoms with E-state index in [9.17, 15) is 14.4 Å². The lowest BCUT2D eigenvalue weighted by atomic mass is 10.1. The number of nitrogens with one attached hydrogen (secondary N) is 2. The first-order valence-electron chi connectivity index (χ1n) is 6.04. The Kier molecular flexibility index (Phi) is 5.56. The summed E-state index contributed by atoms with van der Waals surface area (Å²) in [6.07, 6.45) is -0.179. The van der Waals surface area contributed by atoms with Crippen LogP contribution in [0.15, 0.2) is 0 Å². The summed E-state index contributed by atoms with van der Waals surface area (Å²) in [7, 11) is 1.48. The molecule has 8 heteroatoms. The third kappa shape index (κ3) is 4.40. The van der Waals surface area contributed by atoms with Crippen molar-refractivity contribution in [3.63, 3.8) is 0 Å². The lowest BCUT2D eigenvalue weighted by Gasteiger charge is -2.35. The largest absolute Gasteiger partial charge is 0.481 e. The molecule has 1 aliphatic heterocycles. The topological polar surface area (TPSA) is 108 Å². The van der Waals surface area contributed by atoms with E-state index in [0.29, 0.717) is 13.2 Å². The first-order chi connectivity index (χ1) is 8.95. The highest BCUT2D eigenvalue weighted by Gasteiger charge is 2.30. The van der Waals surface area contributed by atoms with Crippen molar-refractivity contribution in [1.29, 1.82) is 0 Å². The molecule has 0 aromatic rings. The van der Waals surface area contributed by atoms with Gasteiger partial charge in [0, 0.05) is 13.6 Å². The standard InChI is InChI=1S/C11H19N3O5/c1-7(10(17)12-2)13-11(18)14-3-4-19-6-8(14)5-9(15)16/h7-8H,3-6H2,1-2H3,(H,12,17)(H,13,18)(H,15,16). The van der Waals surface area contributed by atoms with Gasteiger partial charge in [-0.25, -0.2) is 4.79 Å². The van der Waals surface area contributed by atoms with Crippen molar-refractivity contribution < 1.29 is 24.2 Å². The fraction of sp³-hybridized carbons (Fsp3) is 0.727. The molecule has 2 atom stereocenters. The average Bonchev–Trinajstić information content (AvgIpc) is 2.37. The van der Waals surface area contributed by atoms with Crippen LogP contribution in [-0.2, 0) is 14.3 Å². The molecule has 8 nitrogen and oxygen atoms in total. The number of likely N-dealkylation sites (N-methyl/N-ethyl adjacent to an activating group) is 1. The van der Waals surface area contributed by atoms with Gasteiger partial charge in [-0.1, -0.05) is 0 Å².